The van der Waals surface area contributed by atoms with Crippen molar-refractivity contribution in [1.82, 2.24) is 29.9 Å². The van der Waals surface area contributed by atoms with E-state index in [0.29, 0.717) is 44.1 Å². The Labute approximate surface area is 302 Å². The van der Waals surface area contributed by atoms with Gasteiger partial charge in [-0.05, 0) is 51.3 Å². The van der Waals surface area contributed by atoms with Gasteiger partial charge >= 0.3 is 0 Å². The Balaban J connectivity index is 1.20. The van der Waals surface area contributed by atoms with Crippen molar-refractivity contribution < 1.29 is 14.0 Å². The molecule has 3 aliphatic rings. The molecule has 51 heavy (non-hydrogen) atoms. The molecule has 2 fully saturated rings. The average molecular weight is 705 g/mol. The van der Waals surface area contributed by atoms with Crippen LogP contribution in [-0.2, 0) is 21.4 Å². The number of halogens is 1. The first kappa shape index (κ1) is 38.5. The molecule has 0 bridgehead atoms. The van der Waals surface area contributed by atoms with E-state index in [9.17, 15) is 18.8 Å². The maximum Gasteiger partial charge on any atom is 0.251 e. The largest absolute Gasteiger partial charge is 0.379 e. The third-order valence-corrected chi connectivity index (χ3v) is 10.7. The van der Waals surface area contributed by atoms with Crippen LogP contribution >= 0.6 is 0 Å². The van der Waals surface area contributed by atoms with Gasteiger partial charge in [-0.3, -0.25) is 29.2 Å². The predicted molar refractivity (Wildman–Crippen MR) is 202 cm³/mol. The van der Waals surface area contributed by atoms with Crippen LogP contribution in [0.5, 0.6) is 0 Å². The quantitative estimate of drug-likeness (QED) is 0.289. The molecular weight excluding hydrogens is 647 g/mol. The number of nitrogens with one attached hydrogen (secondary N) is 2. The van der Waals surface area contributed by atoms with Crippen LogP contribution in [0, 0.1) is 5.82 Å². The molecule has 2 aromatic rings. The van der Waals surface area contributed by atoms with Crippen molar-refractivity contribution in [2.45, 2.75) is 77.4 Å². The summed E-state index contributed by atoms with van der Waals surface area (Å²) in [6.45, 7) is 21.7. The summed E-state index contributed by atoms with van der Waals surface area (Å²) >= 11 is 0. The van der Waals surface area contributed by atoms with Gasteiger partial charge < -0.3 is 25.0 Å². The van der Waals surface area contributed by atoms with E-state index < -0.39 is 5.41 Å². The van der Waals surface area contributed by atoms with Gasteiger partial charge in [-0.25, -0.2) is 4.39 Å². The highest BCUT2D eigenvalue weighted by Crippen LogP contribution is 2.39. The SMILES string of the molecule is C=N/C(=C\N(C)CCC(C)=O)CCN1CCN(C[C@H]2CN[C@H](C)CN2CC(=O)N2CC(C)(C)c3[nH]c(=O)c(Cc4ccc(F)cc4)cc32)[C@H](C)C1. The number of hydrogen-bond acceptors (Lipinski definition) is 9. The molecule has 0 radical (unpaired) electrons. The number of rotatable bonds is 14. The standard InChI is InChI=1S/C39H57FN8O3/c1-27-21-47(25-36(50)48-26-39(4,5)37-35(48)19-31(38(51)43-37)18-30-8-10-32(40)11-9-30)34(20-42-27)24-46-17-16-45(22-28(46)2)15-13-33(41-6)23-44(7)14-12-29(3)49/h8-11,19,23,27-28,34,42H,6,12-18,20-22,24-26H2,1-5,7H3,(H,43,51)/b33-23-/t27-,28-,34-/m1/s1. The molecule has 3 aliphatic heterocycles. The third kappa shape index (κ3) is 10.0. The maximum atomic E-state index is 14.2. The Bertz CT molecular complexity index is 1640. The molecule has 2 N–H and O–H groups in total. The Morgan fingerprint density at radius 3 is 2.55 bits per heavy atom. The fourth-order valence-corrected chi connectivity index (χ4v) is 7.61. The normalized spacial score (nSPS) is 22.9. The number of fused-ring (bicyclic) bond motifs is 1. The number of Topliss-reactive ketones (excluding diaryl/α,β-unsaturated/α-hetero) is 1. The maximum absolute atomic E-state index is 14.2. The van der Waals surface area contributed by atoms with Gasteiger partial charge in [-0.1, -0.05) is 26.0 Å². The second-order valence-electron chi connectivity index (χ2n) is 15.5. The Hall–Kier alpha value is -3.71. The van der Waals surface area contributed by atoms with Crippen molar-refractivity contribution in [3.05, 3.63) is 75.2 Å². The third-order valence-electron chi connectivity index (χ3n) is 10.7. The molecule has 12 heteroatoms. The molecule has 0 spiro atoms. The van der Waals surface area contributed by atoms with Gasteiger partial charge in [-0.15, -0.1) is 0 Å². The minimum Gasteiger partial charge on any atom is -0.379 e. The van der Waals surface area contributed by atoms with Crippen molar-refractivity contribution >= 4 is 24.1 Å². The Kier molecular flexibility index (Phi) is 12.7. The molecule has 1 amide bonds. The lowest BCUT2D eigenvalue weighted by Crippen LogP contribution is -2.63. The van der Waals surface area contributed by atoms with Crippen LogP contribution in [0.1, 0.15) is 64.3 Å². The van der Waals surface area contributed by atoms with Gasteiger partial charge in [-0.2, -0.15) is 0 Å². The molecule has 3 atom stereocenters. The van der Waals surface area contributed by atoms with Gasteiger partial charge in [0.1, 0.15) is 11.6 Å². The van der Waals surface area contributed by atoms with Gasteiger partial charge in [0.25, 0.3) is 5.56 Å². The number of piperazine rings is 2. The summed E-state index contributed by atoms with van der Waals surface area (Å²) in [5.41, 5.74) is 3.30. The zero-order valence-electron chi connectivity index (χ0n) is 31.4. The molecule has 0 saturated carbocycles. The number of pyridine rings is 1. The number of aromatic nitrogens is 1. The van der Waals surface area contributed by atoms with Gasteiger partial charge in [0, 0.05) is 126 Å². The summed E-state index contributed by atoms with van der Waals surface area (Å²) in [6.07, 6.45) is 3.68. The van der Waals surface area contributed by atoms with Crippen LogP contribution in [0.3, 0.4) is 0 Å². The average Bonchev–Trinajstić information content (AvgIpc) is 3.34. The molecule has 0 aliphatic carbocycles. The lowest BCUT2D eigenvalue weighted by atomic mass is 9.91. The highest BCUT2D eigenvalue weighted by atomic mass is 19.1. The fraction of sp³-hybridized carbons (Fsp3) is 0.590. The van der Waals surface area contributed by atoms with Crippen LogP contribution in [-0.4, -0.2) is 134 Å². The van der Waals surface area contributed by atoms with E-state index in [-0.39, 0.29) is 35.2 Å². The highest BCUT2D eigenvalue weighted by Gasteiger charge is 2.41. The van der Waals surface area contributed by atoms with Crippen LogP contribution < -0.4 is 15.8 Å². The summed E-state index contributed by atoms with van der Waals surface area (Å²) in [7, 11) is 1.97. The number of carbonyl (C=O) groups excluding carboxylic acids is 2. The van der Waals surface area contributed by atoms with Crippen molar-refractivity contribution in [2.75, 3.05) is 77.4 Å². The zero-order valence-corrected chi connectivity index (χ0v) is 31.4. The molecule has 1 aromatic carbocycles. The van der Waals surface area contributed by atoms with E-state index in [1.54, 1.807) is 19.1 Å². The molecule has 11 nitrogen and oxygen atoms in total. The number of anilines is 1. The van der Waals surface area contributed by atoms with Crippen LogP contribution in [0.25, 0.3) is 0 Å². The summed E-state index contributed by atoms with van der Waals surface area (Å²) in [4.78, 5) is 57.2. The van der Waals surface area contributed by atoms with E-state index in [1.807, 2.05) is 29.1 Å². The minimum absolute atomic E-state index is 0.0326. The topological polar surface area (TPSA) is 108 Å². The Morgan fingerprint density at radius 2 is 1.86 bits per heavy atom. The van der Waals surface area contributed by atoms with E-state index in [1.165, 1.54) is 12.1 Å². The molecule has 2 saturated heterocycles. The molecule has 4 heterocycles. The molecule has 5 rings (SSSR count). The van der Waals surface area contributed by atoms with Crippen molar-refractivity contribution in [1.29, 1.82) is 0 Å². The number of nitrogens with zero attached hydrogens (tertiary/aromatic N) is 6. The smallest absolute Gasteiger partial charge is 0.251 e. The minimum atomic E-state index is -0.395. The second kappa shape index (κ2) is 16.8. The number of H-pyrrole nitrogens is 1. The van der Waals surface area contributed by atoms with E-state index >= 15 is 0 Å². The van der Waals surface area contributed by atoms with Crippen LogP contribution in [0.15, 0.2) is 52.0 Å². The molecule has 278 valence electrons. The number of hydrogen-bond donors (Lipinski definition) is 2. The lowest BCUT2D eigenvalue weighted by Gasteiger charge is -2.45. The van der Waals surface area contributed by atoms with E-state index in [2.05, 4.69) is 64.4 Å². The molecule has 1 aromatic heterocycles. The molecule has 0 unspecified atom stereocenters. The van der Waals surface area contributed by atoms with Crippen molar-refractivity contribution in [2.24, 2.45) is 4.99 Å². The first-order chi connectivity index (χ1) is 24.2. The highest BCUT2D eigenvalue weighted by molar-refractivity contribution is 5.97. The number of aliphatic imine (C=N–C) groups is 1. The van der Waals surface area contributed by atoms with E-state index in [0.717, 1.165) is 74.9 Å². The summed E-state index contributed by atoms with van der Waals surface area (Å²) in [5.74, 6) is -0.104. The molecular formula is C39H57FN8O3. The lowest BCUT2D eigenvalue weighted by molar-refractivity contribution is -0.121. The number of amides is 1. The first-order valence-corrected chi connectivity index (χ1v) is 18.3. The summed E-state index contributed by atoms with van der Waals surface area (Å²) < 4.78 is 13.5. The van der Waals surface area contributed by atoms with Crippen LogP contribution in [0.2, 0.25) is 0 Å². The number of aromatic amines is 1. The van der Waals surface area contributed by atoms with E-state index in [4.69, 9.17) is 0 Å². The van der Waals surface area contributed by atoms with Crippen LogP contribution in [0.4, 0.5) is 10.1 Å². The number of ketones is 1. The second-order valence-corrected chi connectivity index (χ2v) is 15.5. The Morgan fingerprint density at radius 1 is 1.12 bits per heavy atom. The predicted octanol–water partition coefficient (Wildman–Crippen LogP) is 3.24. The van der Waals surface area contributed by atoms with Gasteiger partial charge in [0.2, 0.25) is 5.91 Å². The summed E-state index contributed by atoms with van der Waals surface area (Å²) in [6, 6.07) is 8.86. The van der Waals surface area contributed by atoms with Gasteiger partial charge in [0.05, 0.1) is 17.9 Å². The zero-order chi connectivity index (χ0) is 36.9. The van der Waals surface area contributed by atoms with Crippen molar-refractivity contribution in [3.63, 3.8) is 0 Å². The number of benzene rings is 1. The van der Waals surface area contributed by atoms with Crippen molar-refractivity contribution in [3.8, 4) is 0 Å². The summed E-state index contributed by atoms with van der Waals surface area (Å²) in [5, 5.41) is 3.64. The monoisotopic (exact) mass is 704 g/mol. The first-order valence-electron chi connectivity index (χ1n) is 18.3. The van der Waals surface area contributed by atoms with Gasteiger partial charge in [0.15, 0.2) is 0 Å². The fourth-order valence-electron chi connectivity index (χ4n) is 7.61. The number of carbonyl (C=O) groups is 2.